The Morgan fingerprint density at radius 3 is 1.29 bits per heavy atom. The molecule has 5 unspecified atom stereocenters. The van der Waals surface area contributed by atoms with Crippen LogP contribution in [0.3, 0.4) is 0 Å². The minimum absolute atomic E-state index is 0.0320. The fourth-order valence-electron chi connectivity index (χ4n) is 12.8. The lowest BCUT2D eigenvalue weighted by molar-refractivity contribution is -0.268. The zero-order chi connectivity index (χ0) is 51.5. The molecule has 2 N–H and O–H groups in total. The average Bonchev–Trinajstić information content (AvgIpc) is 3.19. The third-order valence-electron chi connectivity index (χ3n) is 17.1. The van der Waals surface area contributed by atoms with E-state index in [1.165, 1.54) is 10.1 Å². The van der Waals surface area contributed by atoms with Crippen LogP contribution in [-0.2, 0) is 38.1 Å². The zero-order valence-electron chi connectivity index (χ0n) is 46.0. The van der Waals surface area contributed by atoms with Crippen LogP contribution in [0.5, 0.6) is 0 Å². The lowest BCUT2D eigenvalue weighted by atomic mass is 9.71. The summed E-state index contributed by atoms with van der Waals surface area (Å²) in [5, 5.41) is 25.1. The number of carbonyl (C=O) groups is 4. The maximum atomic E-state index is 13.3. The Balaban J connectivity index is 1.21. The Kier molecular flexibility index (Phi) is 19.0. The van der Waals surface area contributed by atoms with Crippen molar-refractivity contribution in [2.45, 2.75) is 301 Å². The van der Waals surface area contributed by atoms with Gasteiger partial charge in [-0.2, -0.15) is 10.1 Å². The molecule has 0 amide bonds. The molecule has 0 aromatic heterocycles. The van der Waals surface area contributed by atoms with E-state index in [1.807, 2.05) is 48.5 Å². The molecular weight excluding hydrogens is 865 g/mol. The van der Waals surface area contributed by atoms with E-state index in [4.69, 9.17) is 18.9 Å². The molecule has 0 aromatic carbocycles. The van der Waals surface area contributed by atoms with Gasteiger partial charge in [0.15, 0.2) is 0 Å². The van der Waals surface area contributed by atoms with Crippen molar-refractivity contribution in [1.82, 2.24) is 19.9 Å². The first kappa shape index (κ1) is 58.2. The first-order chi connectivity index (χ1) is 31.1. The normalized spacial score (nSPS) is 30.3. The second kappa shape index (κ2) is 22.2. The molecule has 0 bridgehead atoms. The molecule has 14 heteroatoms. The van der Waals surface area contributed by atoms with Crippen molar-refractivity contribution >= 4 is 23.9 Å². The number of esters is 4. The van der Waals surface area contributed by atoms with Crippen LogP contribution in [0.25, 0.3) is 0 Å². The van der Waals surface area contributed by atoms with E-state index in [1.54, 1.807) is 0 Å². The number of carbonyl (C=O) groups excluding carboxylic acids is 4. The summed E-state index contributed by atoms with van der Waals surface area (Å²) in [6.45, 7) is 31.2. The molecule has 68 heavy (non-hydrogen) atoms. The van der Waals surface area contributed by atoms with Gasteiger partial charge in [0, 0.05) is 102 Å². The molecule has 394 valence electrons. The van der Waals surface area contributed by atoms with Crippen LogP contribution in [0, 0.1) is 5.92 Å². The zero-order valence-corrected chi connectivity index (χ0v) is 46.0. The number of rotatable bonds is 20. The van der Waals surface area contributed by atoms with E-state index in [-0.39, 0.29) is 71.2 Å². The number of hydrogen-bond donors (Lipinski definition) is 2. The number of unbranched alkanes of at least 4 members (excludes halogenated alkanes) is 4. The summed E-state index contributed by atoms with van der Waals surface area (Å²) in [5.41, 5.74) is -3.17. The van der Waals surface area contributed by atoms with Gasteiger partial charge >= 0.3 is 23.9 Å². The predicted molar refractivity (Wildman–Crippen MR) is 265 cm³/mol. The summed E-state index contributed by atoms with van der Waals surface area (Å²) in [7, 11) is 4.30. The number of hydrogen-bond acceptors (Lipinski definition) is 14. The van der Waals surface area contributed by atoms with Crippen molar-refractivity contribution in [2.75, 3.05) is 14.1 Å². The minimum Gasteiger partial charge on any atom is -0.462 e. The molecule has 4 fully saturated rings. The first-order valence-electron chi connectivity index (χ1n) is 26.3. The molecule has 14 nitrogen and oxygen atoms in total. The smallest absolute Gasteiger partial charge is 0.309 e. The van der Waals surface area contributed by atoms with Crippen molar-refractivity contribution in [1.29, 1.82) is 0 Å². The van der Waals surface area contributed by atoms with Gasteiger partial charge in [-0.15, -0.1) is 0 Å². The fourth-order valence-corrected chi connectivity index (χ4v) is 12.8. The fraction of sp³-hybridized carbons (Fsp3) is 0.926. The van der Waals surface area contributed by atoms with Crippen LogP contribution in [-0.4, -0.2) is 137 Å². The van der Waals surface area contributed by atoms with Gasteiger partial charge in [0.05, 0.1) is 18.8 Å². The second-order valence-electron chi connectivity index (χ2n) is 26.0. The number of nitrogens with zero attached hydrogens (tertiary/aromatic N) is 4. The molecule has 0 aliphatic carbocycles. The van der Waals surface area contributed by atoms with Gasteiger partial charge in [-0.05, 0) is 143 Å². The van der Waals surface area contributed by atoms with Crippen molar-refractivity contribution in [2.24, 2.45) is 5.92 Å². The highest BCUT2D eigenvalue weighted by Crippen LogP contribution is 2.47. The SMILES string of the molecule is CCC(CCCCCCCC(=O)OC1CC(C)(C)N(C)C(C)(CCC2(C)CC(OC(=O)CCC(=O)OC3CC(C)(C)N(O)C(C)(C)C3)CC(C)(C)N2O)C1)C(=O)OC1CC(C)(C)N(C)C(C)(C)C1. The summed E-state index contributed by atoms with van der Waals surface area (Å²) < 4.78 is 24.2. The van der Waals surface area contributed by atoms with Crippen LogP contribution < -0.4 is 0 Å². The summed E-state index contributed by atoms with van der Waals surface area (Å²) in [5.74, 6) is -1.23. The highest BCUT2D eigenvalue weighted by Gasteiger charge is 2.53. The van der Waals surface area contributed by atoms with E-state index in [0.717, 1.165) is 64.2 Å². The Morgan fingerprint density at radius 2 is 0.809 bits per heavy atom. The van der Waals surface area contributed by atoms with E-state index < -0.39 is 40.2 Å². The maximum absolute atomic E-state index is 13.3. The number of piperidine rings is 4. The molecule has 0 saturated carbocycles. The third-order valence-corrected chi connectivity index (χ3v) is 17.1. The Bertz CT molecular complexity index is 1690. The van der Waals surface area contributed by atoms with Gasteiger partial charge < -0.3 is 29.4 Å². The molecule has 4 aliphatic heterocycles. The molecule has 4 aliphatic rings. The van der Waals surface area contributed by atoms with Crippen molar-refractivity contribution < 1.29 is 48.5 Å². The summed E-state index contributed by atoms with van der Waals surface area (Å²) in [6, 6.07) is 0. The Labute approximate surface area is 412 Å². The third kappa shape index (κ3) is 14.9. The van der Waals surface area contributed by atoms with Gasteiger partial charge in [0.2, 0.25) is 0 Å². The first-order valence-corrected chi connectivity index (χ1v) is 26.3. The van der Waals surface area contributed by atoms with Crippen LogP contribution in [0.4, 0.5) is 0 Å². The molecular formula is C54H98N4O10. The van der Waals surface area contributed by atoms with Crippen LogP contribution in [0.15, 0.2) is 0 Å². The quantitative estimate of drug-likeness (QED) is 0.0674. The van der Waals surface area contributed by atoms with E-state index in [9.17, 15) is 29.6 Å². The molecule has 0 radical (unpaired) electrons. The van der Waals surface area contributed by atoms with Crippen LogP contribution >= 0.6 is 0 Å². The lowest BCUT2D eigenvalue weighted by Gasteiger charge is -2.57. The maximum Gasteiger partial charge on any atom is 0.309 e. The number of likely N-dealkylation sites (tertiary alicyclic amines) is 2. The van der Waals surface area contributed by atoms with E-state index in [0.29, 0.717) is 51.4 Å². The molecule has 4 heterocycles. The standard InChI is InChI=1S/C54H98N4O10/c1-18-38(46(62)68-40-30-47(2,3)55(16)48(4,5)31-40)24-22-20-19-21-23-25-43(59)66-41-32-49(6,7)56(17)53(14,36-41)28-29-54(15)37-42(35-52(12,13)58(54)64)67-45(61)27-26-44(60)65-39-33-50(8,9)57(63)51(10,11)34-39/h38-42,63-64H,18-37H2,1-17H3. The number of ether oxygens (including phenoxy) is 4. The molecule has 0 spiro atoms. The second-order valence-corrected chi connectivity index (χ2v) is 26.0. The highest BCUT2D eigenvalue weighted by molar-refractivity contribution is 5.78. The van der Waals surface area contributed by atoms with Crippen molar-refractivity contribution in [3.8, 4) is 0 Å². The monoisotopic (exact) mass is 963 g/mol. The molecule has 4 rings (SSSR count). The van der Waals surface area contributed by atoms with Gasteiger partial charge in [-0.25, -0.2) is 0 Å². The van der Waals surface area contributed by atoms with E-state index in [2.05, 4.69) is 79.3 Å². The molecule has 5 atom stereocenters. The molecule has 0 aromatic rings. The summed E-state index contributed by atoms with van der Waals surface area (Å²) in [6.07, 6.45) is 11.6. The van der Waals surface area contributed by atoms with Gasteiger partial charge in [0.25, 0.3) is 0 Å². The Morgan fingerprint density at radius 1 is 0.456 bits per heavy atom. The molecule has 4 saturated heterocycles. The van der Waals surface area contributed by atoms with Gasteiger partial charge in [-0.3, -0.25) is 29.0 Å². The summed E-state index contributed by atoms with van der Waals surface area (Å²) in [4.78, 5) is 57.4. The van der Waals surface area contributed by atoms with Gasteiger partial charge in [0.1, 0.15) is 24.4 Å². The van der Waals surface area contributed by atoms with Crippen molar-refractivity contribution in [3.63, 3.8) is 0 Å². The van der Waals surface area contributed by atoms with Crippen LogP contribution in [0.2, 0.25) is 0 Å². The topological polar surface area (TPSA) is 159 Å². The van der Waals surface area contributed by atoms with Crippen molar-refractivity contribution in [3.05, 3.63) is 0 Å². The number of hydroxylamine groups is 4. The predicted octanol–water partition coefficient (Wildman–Crippen LogP) is 10.6. The average molecular weight is 963 g/mol. The minimum atomic E-state index is -0.716. The van der Waals surface area contributed by atoms with Crippen LogP contribution in [0.1, 0.15) is 232 Å². The lowest BCUT2D eigenvalue weighted by Crippen LogP contribution is -2.64. The largest absolute Gasteiger partial charge is 0.462 e. The van der Waals surface area contributed by atoms with E-state index >= 15 is 0 Å². The summed E-state index contributed by atoms with van der Waals surface area (Å²) >= 11 is 0. The highest BCUT2D eigenvalue weighted by atomic mass is 16.6. The van der Waals surface area contributed by atoms with Gasteiger partial charge in [-0.1, -0.05) is 32.6 Å². The Hall–Kier alpha value is -2.36.